The van der Waals surface area contributed by atoms with E-state index in [1.54, 1.807) is 55.5 Å². The summed E-state index contributed by atoms with van der Waals surface area (Å²) in [5.41, 5.74) is 6.74. The van der Waals surface area contributed by atoms with Gasteiger partial charge >= 0.3 is 5.97 Å². The molecule has 0 saturated heterocycles. The SMILES string of the molecule is CC.CCOC(=O)c1cccc(Oc2ccc(N)cc2)c1. The van der Waals surface area contributed by atoms with Crippen molar-refractivity contribution in [1.82, 2.24) is 0 Å². The summed E-state index contributed by atoms with van der Waals surface area (Å²) in [5, 5.41) is 0. The summed E-state index contributed by atoms with van der Waals surface area (Å²) in [4.78, 5) is 11.6. The second-order valence-electron chi connectivity index (χ2n) is 3.92. The topological polar surface area (TPSA) is 61.5 Å². The lowest BCUT2D eigenvalue weighted by Crippen LogP contribution is -2.04. The van der Waals surface area contributed by atoms with E-state index in [4.69, 9.17) is 15.2 Å². The van der Waals surface area contributed by atoms with Crippen molar-refractivity contribution >= 4 is 11.7 Å². The molecule has 0 aliphatic carbocycles. The van der Waals surface area contributed by atoms with Crippen molar-refractivity contribution < 1.29 is 14.3 Å². The highest BCUT2D eigenvalue weighted by Crippen LogP contribution is 2.23. The van der Waals surface area contributed by atoms with Gasteiger partial charge in [-0.15, -0.1) is 0 Å². The van der Waals surface area contributed by atoms with Gasteiger partial charge in [-0.2, -0.15) is 0 Å². The van der Waals surface area contributed by atoms with Crippen molar-refractivity contribution in [3.05, 3.63) is 54.1 Å². The zero-order valence-electron chi connectivity index (χ0n) is 12.6. The number of nitrogen functional groups attached to an aromatic ring is 1. The largest absolute Gasteiger partial charge is 0.462 e. The molecule has 0 aromatic heterocycles. The molecular weight excluding hydrogens is 266 g/mol. The van der Waals surface area contributed by atoms with Crippen LogP contribution in [0.2, 0.25) is 0 Å². The van der Waals surface area contributed by atoms with Crippen LogP contribution in [0.25, 0.3) is 0 Å². The number of esters is 1. The van der Waals surface area contributed by atoms with Crippen molar-refractivity contribution in [2.75, 3.05) is 12.3 Å². The van der Waals surface area contributed by atoms with Gasteiger partial charge in [0.05, 0.1) is 12.2 Å². The summed E-state index contributed by atoms with van der Waals surface area (Å²) < 4.78 is 10.6. The Labute approximate surface area is 125 Å². The van der Waals surface area contributed by atoms with Gasteiger partial charge in [0.2, 0.25) is 0 Å². The van der Waals surface area contributed by atoms with Crippen LogP contribution in [0.4, 0.5) is 5.69 Å². The van der Waals surface area contributed by atoms with Crippen LogP contribution in [0.1, 0.15) is 31.1 Å². The molecule has 0 heterocycles. The maximum Gasteiger partial charge on any atom is 0.338 e. The number of benzene rings is 2. The molecule has 0 atom stereocenters. The molecule has 2 aromatic carbocycles. The van der Waals surface area contributed by atoms with E-state index in [9.17, 15) is 4.79 Å². The Morgan fingerprint density at radius 3 is 2.33 bits per heavy atom. The Morgan fingerprint density at radius 1 is 1.05 bits per heavy atom. The molecule has 0 fully saturated rings. The molecule has 4 nitrogen and oxygen atoms in total. The minimum absolute atomic E-state index is 0.349. The molecule has 0 radical (unpaired) electrons. The molecule has 0 amide bonds. The van der Waals surface area contributed by atoms with Crippen molar-refractivity contribution in [3.8, 4) is 11.5 Å². The van der Waals surface area contributed by atoms with Crippen LogP contribution in [0.5, 0.6) is 11.5 Å². The van der Waals surface area contributed by atoms with Crippen molar-refractivity contribution in [2.45, 2.75) is 20.8 Å². The highest BCUT2D eigenvalue weighted by molar-refractivity contribution is 5.89. The van der Waals surface area contributed by atoms with E-state index < -0.39 is 0 Å². The lowest BCUT2D eigenvalue weighted by molar-refractivity contribution is 0.0526. The molecule has 21 heavy (non-hydrogen) atoms. The van der Waals surface area contributed by atoms with E-state index in [0.717, 1.165) is 0 Å². The quantitative estimate of drug-likeness (QED) is 0.674. The highest BCUT2D eigenvalue weighted by Gasteiger charge is 2.07. The molecule has 0 unspecified atom stereocenters. The van der Waals surface area contributed by atoms with Crippen LogP contribution in [-0.4, -0.2) is 12.6 Å². The van der Waals surface area contributed by atoms with Crippen LogP contribution in [0, 0.1) is 0 Å². The minimum Gasteiger partial charge on any atom is -0.462 e. The van der Waals surface area contributed by atoms with Crippen LogP contribution < -0.4 is 10.5 Å². The van der Waals surface area contributed by atoms with Crippen LogP contribution in [0.3, 0.4) is 0 Å². The van der Waals surface area contributed by atoms with Crippen LogP contribution >= 0.6 is 0 Å². The first kappa shape index (κ1) is 16.6. The van der Waals surface area contributed by atoms with Gasteiger partial charge in [0.1, 0.15) is 11.5 Å². The summed E-state index contributed by atoms with van der Waals surface area (Å²) in [6, 6.07) is 13.9. The average molecular weight is 287 g/mol. The van der Waals surface area contributed by atoms with Gasteiger partial charge in [0.25, 0.3) is 0 Å². The van der Waals surface area contributed by atoms with Gasteiger partial charge in [0.15, 0.2) is 0 Å². The molecule has 0 bridgehead atoms. The van der Waals surface area contributed by atoms with Crippen molar-refractivity contribution in [3.63, 3.8) is 0 Å². The predicted molar refractivity (Wildman–Crippen MR) is 84.7 cm³/mol. The Morgan fingerprint density at radius 2 is 1.71 bits per heavy atom. The molecular formula is C17H21NO3. The molecule has 2 N–H and O–H groups in total. The lowest BCUT2D eigenvalue weighted by atomic mass is 10.2. The van der Waals surface area contributed by atoms with Gasteiger partial charge in [-0.25, -0.2) is 4.79 Å². The smallest absolute Gasteiger partial charge is 0.338 e. The van der Waals surface area contributed by atoms with Crippen molar-refractivity contribution in [1.29, 1.82) is 0 Å². The Hall–Kier alpha value is -2.49. The van der Waals surface area contributed by atoms with Gasteiger partial charge in [-0.3, -0.25) is 0 Å². The van der Waals surface area contributed by atoms with Crippen molar-refractivity contribution in [2.24, 2.45) is 0 Å². The summed E-state index contributed by atoms with van der Waals surface area (Å²) in [6.07, 6.45) is 0. The van der Waals surface area contributed by atoms with Gasteiger partial charge in [0, 0.05) is 5.69 Å². The molecule has 2 aromatic rings. The molecule has 112 valence electrons. The zero-order valence-corrected chi connectivity index (χ0v) is 12.6. The lowest BCUT2D eigenvalue weighted by Gasteiger charge is -2.07. The summed E-state index contributed by atoms with van der Waals surface area (Å²) >= 11 is 0. The molecule has 0 aliphatic rings. The van der Waals surface area contributed by atoms with Gasteiger partial charge < -0.3 is 15.2 Å². The number of nitrogens with two attached hydrogens (primary N) is 1. The minimum atomic E-state index is -0.356. The fourth-order valence-corrected chi connectivity index (χ4v) is 1.57. The normalized spacial score (nSPS) is 9.29. The summed E-state index contributed by atoms with van der Waals surface area (Å²) in [6.45, 7) is 6.12. The first-order valence-electron chi connectivity index (χ1n) is 6.99. The summed E-state index contributed by atoms with van der Waals surface area (Å²) in [5.74, 6) is 0.885. The Kier molecular flexibility index (Phi) is 6.81. The van der Waals surface area contributed by atoms with Crippen LogP contribution in [-0.2, 0) is 4.74 Å². The highest BCUT2D eigenvalue weighted by atomic mass is 16.5. The predicted octanol–water partition coefficient (Wildman–Crippen LogP) is 4.26. The standard InChI is InChI=1S/C15H15NO3.C2H6/c1-2-18-15(17)11-4-3-5-14(10-11)19-13-8-6-12(16)7-9-13;1-2/h3-10H,2,16H2,1H3;1-2H3. The number of rotatable bonds is 4. The molecule has 0 spiro atoms. The summed E-state index contributed by atoms with van der Waals surface area (Å²) in [7, 11) is 0. The van der Waals surface area contributed by atoms with Gasteiger partial charge in [-0.05, 0) is 49.4 Å². The van der Waals surface area contributed by atoms with E-state index in [2.05, 4.69) is 0 Å². The van der Waals surface area contributed by atoms with E-state index in [1.807, 2.05) is 13.8 Å². The number of ether oxygens (including phenoxy) is 2. The molecule has 0 saturated carbocycles. The molecule has 2 rings (SSSR count). The first-order chi connectivity index (χ1) is 10.2. The molecule has 0 aliphatic heterocycles. The fourth-order valence-electron chi connectivity index (χ4n) is 1.57. The number of anilines is 1. The van der Waals surface area contributed by atoms with E-state index in [-0.39, 0.29) is 5.97 Å². The third-order valence-corrected chi connectivity index (χ3v) is 2.46. The first-order valence-corrected chi connectivity index (χ1v) is 6.99. The third-order valence-electron chi connectivity index (χ3n) is 2.46. The third kappa shape index (κ3) is 5.18. The van der Waals surface area contributed by atoms with E-state index in [0.29, 0.717) is 29.4 Å². The number of carbonyl (C=O) groups is 1. The zero-order chi connectivity index (χ0) is 15.7. The van der Waals surface area contributed by atoms with E-state index in [1.165, 1.54) is 0 Å². The van der Waals surface area contributed by atoms with Gasteiger partial charge in [-0.1, -0.05) is 19.9 Å². The fraction of sp³-hybridized carbons (Fsp3) is 0.235. The average Bonchev–Trinajstić information content (AvgIpc) is 2.52. The van der Waals surface area contributed by atoms with E-state index >= 15 is 0 Å². The molecule has 4 heteroatoms. The second-order valence-corrected chi connectivity index (χ2v) is 3.92. The number of hydrogen-bond acceptors (Lipinski definition) is 4. The second kappa shape index (κ2) is 8.64. The Balaban J connectivity index is 0.00000106. The monoisotopic (exact) mass is 287 g/mol. The maximum absolute atomic E-state index is 11.6. The Bertz CT molecular complexity index is 565. The number of carbonyl (C=O) groups excluding carboxylic acids is 1. The number of hydrogen-bond donors (Lipinski definition) is 1. The maximum atomic E-state index is 11.6. The van der Waals surface area contributed by atoms with Crippen LogP contribution in [0.15, 0.2) is 48.5 Å².